The van der Waals surface area contributed by atoms with Crippen LogP contribution in [0.2, 0.25) is 0 Å². The molecule has 0 aliphatic rings. The largest absolute Gasteiger partial charge is 0.489 e. The van der Waals surface area contributed by atoms with Crippen LogP contribution in [0.4, 0.5) is 8.78 Å². The maximum atomic E-state index is 14.8. The molecule has 0 bridgehead atoms. The molecule has 1 heterocycles. The number of ether oxygens (including phenoxy) is 2. The fourth-order valence-corrected chi connectivity index (χ4v) is 3.08. The number of carbonyl (C=O) groups excluding carboxylic acids is 1. The molecule has 0 fully saturated rings. The summed E-state index contributed by atoms with van der Waals surface area (Å²) < 4.78 is 40.5. The van der Waals surface area contributed by atoms with Gasteiger partial charge in [-0.15, -0.1) is 0 Å². The van der Waals surface area contributed by atoms with Gasteiger partial charge in [-0.1, -0.05) is 24.3 Å². The molecule has 1 unspecified atom stereocenters. The summed E-state index contributed by atoms with van der Waals surface area (Å²) in [6.45, 7) is 1.92. The Morgan fingerprint density at radius 2 is 1.73 bits per heavy atom. The minimum absolute atomic E-state index is 0.00761. The Morgan fingerprint density at radius 3 is 2.30 bits per heavy atom. The lowest BCUT2D eigenvalue weighted by Gasteiger charge is -2.19. The zero-order valence-electron chi connectivity index (χ0n) is 18.0. The monoisotopic (exact) mass is 454 g/mol. The summed E-state index contributed by atoms with van der Waals surface area (Å²) in [5.74, 6) is -2.65. The molecule has 4 N–H and O–H groups in total. The molecule has 172 valence electrons. The van der Waals surface area contributed by atoms with Crippen LogP contribution in [0.1, 0.15) is 35.3 Å². The Hall–Kier alpha value is -3.85. The molecule has 0 aliphatic heterocycles. The molecular formula is C24H24F2N4O3. The summed E-state index contributed by atoms with van der Waals surface area (Å²) in [4.78, 5) is 16.6. The first-order chi connectivity index (χ1) is 15.9. The smallest absolute Gasteiger partial charge is 0.254 e. The predicted molar refractivity (Wildman–Crippen MR) is 119 cm³/mol. The fraction of sp³-hybridized carbons (Fsp3) is 0.208. The highest BCUT2D eigenvalue weighted by Gasteiger charge is 2.28. The van der Waals surface area contributed by atoms with E-state index in [0.29, 0.717) is 5.56 Å². The topological polar surface area (TPSA) is 110 Å². The van der Waals surface area contributed by atoms with E-state index in [4.69, 9.17) is 20.6 Å². The van der Waals surface area contributed by atoms with Crippen molar-refractivity contribution in [1.82, 2.24) is 10.3 Å². The lowest BCUT2D eigenvalue weighted by Crippen LogP contribution is -2.31. The fourth-order valence-electron chi connectivity index (χ4n) is 3.08. The Morgan fingerprint density at radius 1 is 1.09 bits per heavy atom. The minimum atomic E-state index is -1.47. The standard InChI is InChI=1S/C24H24F2N4O3/c1-2-32-22(24(31)30-13-15-3-5-17(6-4-15)23(27)28)21-19(25)11-18(12-20(21)26)33-14-16-7-9-29-10-8-16/h3-12,22H,2,13-14H2,1H3,(H3,27,28)(H,30,31). The molecular weight excluding hydrogens is 430 g/mol. The highest BCUT2D eigenvalue weighted by atomic mass is 19.1. The average molecular weight is 454 g/mol. The quantitative estimate of drug-likeness (QED) is 0.320. The van der Waals surface area contributed by atoms with Crippen LogP contribution in [-0.2, 0) is 22.7 Å². The molecule has 0 spiro atoms. The third-order valence-electron chi connectivity index (χ3n) is 4.77. The molecule has 0 saturated carbocycles. The summed E-state index contributed by atoms with van der Waals surface area (Å²) in [6, 6.07) is 12.2. The van der Waals surface area contributed by atoms with E-state index in [1.807, 2.05) is 0 Å². The highest BCUT2D eigenvalue weighted by molar-refractivity contribution is 5.94. The van der Waals surface area contributed by atoms with E-state index in [1.165, 1.54) is 0 Å². The first-order valence-electron chi connectivity index (χ1n) is 10.2. The average Bonchev–Trinajstić information content (AvgIpc) is 2.81. The lowest BCUT2D eigenvalue weighted by atomic mass is 10.1. The number of hydrogen-bond acceptors (Lipinski definition) is 5. The van der Waals surface area contributed by atoms with Crippen molar-refractivity contribution in [1.29, 1.82) is 5.41 Å². The number of carbonyl (C=O) groups is 1. The highest BCUT2D eigenvalue weighted by Crippen LogP contribution is 2.29. The van der Waals surface area contributed by atoms with Gasteiger partial charge in [0.25, 0.3) is 5.91 Å². The van der Waals surface area contributed by atoms with Crippen LogP contribution in [-0.4, -0.2) is 23.3 Å². The van der Waals surface area contributed by atoms with Crippen molar-refractivity contribution in [3.63, 3.8) is 0 Å². The van der Waals surface area contributed by atoms with Crippen LogP contribution < -0.4 is 15.8 Å². The summed E-state index contributed by atoms with van der Waals surface area (Å²) in [5, 5.41) is 10.0. The van der Waals surface area contributed by atoms with Crippen molar-refractivity contribution in [2.75, 3.05) is 6.61 Å². The zero-order valence-corrected chi connectivity index (χ0v) is 18.0. The summed E-state index contributed by atoms with van der Waals surface area (Å²) in [6.07, 6.45) is 1.71. The van der Waals surface area contributed by atoms with Crippen LogP contribution >= 0.6 is 0 Å². The van der Waals surface area contributed by atoms with E-state index < -0.39 is 29.2 Å². The number of nitrogens with zero attached hydrogens (tertiary/aromatic N) is 1. The van der Waals surface area contributed by atoms with Gasteiger partial charge in [0.1, 0.15) is 29.8 Å². The molecule has 7 nitrogen and oxygen atoms in total. The SMILES string of the molecule is CCOC(C(=O)NCc1ccc(C(=N)N)cc1)c1c(F)cc(OCc2ccncc2)cc1F. The van der Waals surface area contributed by atoms with Crippen LogP contribution in [0, 0.1) is 17.0 Å². The number of pyridine rings is 1. The van der Waals surface area contributed by atoms with Crippen LogP contribution in [0.3, 0.4) is 0 Å². The third-order valence-corrected chi connectivity index (χ3v) is 4.77. The van der Waals surface area contributed by atoms with Gasteiger partial charge in [-0.25, -0.2) is 8.78 Å². The molecule has 9 heteroatoms. The molecule has 0 saturated heterocycles. The van der Waals surface area contributed by atoms with E-state index in [1.54, 1.807) is 55.7 Å². The molecule has 1 amide bonds. The molecule has 1 atom stereocenters. The van der Waals surface area contributed by atoms with Gasteiger partial charge >= 0.3 is 0 Å². The van der Waals surface area contributed by atoms with Gasteiger partial charge in [0.05, 0.1) is 5.56 Å². The second-order valence-electron chi connectivity index (χ2n) is 7.11. The molecule has 33 heavy (non-hydrogen) atoms. The van der Waals surface area contributed by atoms with Gasteiger partial charge < -0.3 is 20.5 Å². The Kier molecular flexibility index (Phi) is 8.04. The zero-order chi connectivity index (χ0) is 23.8. The number of rotatable bonds is 10. The number of amides is 1. The van der Waals surface area contributed by atoms with Gasteiger partial charge in [0.2, 0.25) is 0 Å². The first kappa shape index (κ1) is 23.8. The van der Waals surface area contributed by atoms with Gasteiger partial charge in [-0.3, -0.25) is 15.2 Å². The van der Waals surface area contributed by atoms with Crippen LogP contribution in [0.5, 0.6) is 5.75 Å². The van der Waals surface area contributed by atoms with Crippen molar-refractivity contribution in [3.8, 4) is 5.75 Å². The van der Waals surface area contributed by atoms with Crippen LogP contribution in [0.15, 0.2) is 60.9 Å². The van der Waals surface area contributed by atoms with E-state index in [-0.39, 0.29) is 31.3 Å². The normalized spacial score (nSPS) is 11.6. The number of hydrogen-bond donors (Lipinski definition) is 3. The Balaban J connectivity index is 1.71. The van der Waals surface area contributed by atoms with Gasteiger partial charge in [-0.05, 0) is 30.2 Å². The maximum Gasteiger partial charge on any atom is 0.254 e. The summed E-state index contributed by atoms with van der Waals surface area (Å²) in [5.41, 5.74) is 7.00. The molecule has 0 radical (unpaired) electrons. The number of halogens is 2. The number of nitrogen functional groups attached to an aromatic ring is 1. The van der Waals surface area contributed by atoms with Crippen molar-refractivity contribution in [2.45, 2.75) is 26.2 Å². The summed E-state index contributed by atoms with van der Waals surface area (Å²) >= 11 is 0. The van der Waals surface area contributed by atoms with E-state index in [9.17, 15) is 13.6 Å². The van der Waals surface area contributed by atoms with Crippen molar-refractivity contribution in [3.05, 3.63) is 94.8 Å². The molecule has 3 rings (SSSR count). The summed E-state index contributed by atoms with van der Waals surface area (Å²) in [7, 11) is 0. The van der Waals surface area contributed by atoms with Gasteiger partial charge in [0.15, 0.2) is 6.10 Å². The lowest BCUT2D eigenvalue weighted by molar-refractivity contribution is -0.133. The first-order valence-corrected chi connectivity index (χ1v) is 10.2. The van der Waals surface area contributed by atoms with E-state index >= 15 is 0 Å². The second kappa shape index (κ2) is 11.1. The van der Waals surface area contributed by atoms with Crippen molar-refractivity contribution in [2.24, 2.45) is 5.73 Å². The second-order valence-corrected chi connectivity index (χ2v) is 7.11. The molecule has 0 aliphatic carbocycles. The van der Waals surface area contributed by atoms with E-state index in [2.05, 4.69) is 10.3 Å². The minimum Gasteiger partial charge on any atom is -0.489 e. The third kappa shape index (κ3) is 6.33. The predicted octanol–water partition coefficient (Wildman–Crippen LogP) is 3.62. The molecule has 3 aromatic rings. The Bertz CT molecular complexity index is 1090. The van der Waals surface area contributed by atoms with Crippen LogP contribution in [0.25, 0.3) is 0 Å². The van der Waals surface area contributed by atoms with Crippen molar-refractivity contribution < 1.29 is 23.0 Å². The van der Waals surface area contributed by atoms with Gasteiger partial charge in [0, 0.05) is 43.2 Å². The Labute approximate surface area is 190 Å². The van der Waals surface area contributed by atoms with E-state index in [0.717, 1.165) is 23.3 Å². The van der Waals surface area contributed by atoms with Gasteiger partial charge in [-0.2, -0.15) is 0 Å². The number of nitrogens with one attached hydrogen (secondary N) is 2. The molecule has 2 aromatic carbocycles. The maximum absolute atomic E-state index is 14.8. The number of amidine groups is 1. The number of nitrogens with two attached hydrogens (primary N) is 1. The van der Waals surface area contributed by atoms with Crippen molar-refractivity contribution >= 4 is 11.7 Å². The number of benzene rings is 2. The molecule has 1 aromatic heterocycles. The number of aromatic nitrogens is 1.